The van der Waals surface area contributed by atoms with E-state index in [2.05, 4.69) is 146 Å². The molecule has 0 unspecified atom stereocenters. The molecule has 1 aliphatic carbocycles. The molecule has 0 radical (unpaired) electrons. The number of carbonyl (C=O) groups excluding carboxylic acids is 1. The lowest BCUT2D eigenvalue weighted by Gasteiger charge is -2.36. The van der Waals surface area contributed by atoms with E-state index >= 15 is 0 Å². The highest BCUT2D eigenvalue weighted by Crippen LogP contribution is 2.48. The quantitative estimate of drug-likeness (QED) is 0.0440. The molecule has 436 valence electrons. The Hall–Kier alpha value is -7.16. The average molecular weight is 1140 g/mol. The summed E-state index contributed by atoms with van der Waals surface area (Å²) in [6.07, 6.45) is 22.8. The number of hydrogen-bond donors (Lipinski definition) is 2. The average Bonchev–Trinajstić information content (AvgIpc) is 2.52. The first-order valence-corrected chi connectivity index (χ1v) is 30.6. The lowest BCUT2D eigenvalue weighted by Crippen LogP contribution is -2.48. The number of halogens is 1. The number of hydrogen-bond acceptors (Lipinski definition) is 9. The van der Waals surface area contributed by atoms with Crippen LogP contribution in [0.2, 0.25) is 0 Å². The Bertz CT molecular complexity index is 3530. The van der Waals surface area contributed by atoms with Gasteiger partial charge in [0, 0.05) is 121 Å². The lowest BCUT2D eigenvalue weighted by atomic mass is 9.81. The number of piperazine rings is 1. The van der Waals surface area contributed by atoms with Crippen LogP contribution in [-0.4, -0.2) is 123 Å². The van der Waals surface area contributed by atoms with Crippen LogP contribution in [0.4, 0.5) is 28.8 Å². The summed E-state index contributed by atoms with van der Waals surface area (Å²) >= 11 is 7.48. The molecule has 83 heavy (non-hydrogen) atoms. The van der Waals surface area contributed by atoms with Gasteiger partial charge in [-0.1, -0.05) is 93.8 Å². The largest absolute Gasteiger partial charge is 0.481 e. The number of aryl methyl sites for hydroxylation is 1. The molecule has 0 bridgehead atoms. The van der Waals surface area contributed by atoms with E-state index in [-0.39, 0.29) is 34.8 Å². The first kappa shape index (κ1) is 59.0. The normalized spacial score (nSPS) is 19.5. The Morgan fingerprint density at radius 1 is 0.843 bits per heavy atom. The van der Waals surface area contributed by atoms with Crippen molar-refractivity contribution in [3.8, 4) is 0 Å². The molecule has 0 atom stereocenters. The van der Waals surface area contributed by atoms with Crippen molar-refractivity contribution in [3.05, 3.63) is 158 Å². The molecule has 5 aromatic rings. The summed E-state index contributed by atoms with van der Waals surface area (Å²) in [5.41, 5.74) is 13.2. The number of aromatic nitrogens is 4. The van der Waals surface area contributed by atoms with Gasteiger partial charge in [0.25, 0.3) is 5.56 Å². The molecule has 14 nitrogen and oxygen atoms in total. The summed E-state index contributed by atoms with van der Waals surface area (Å²) in [6, 6.07) is 21.5. The Balaban J connectivity index is 0.755. The molecule has 2 aromatic carbocycles. The van der Waals surface area contributed by atoms with Crippen LogP contribution in [0.5, 0.6) is 0 Å². The van der Waals surface area contributed by atoms with Crippen LogP contribution in [-0.2, 0) is 20.4 Å². The molecule has 10 rings (SSSR count). The topological polar surface area (TPSA) is 140 Å². The minimum Gasteiger partial charge on any atom is -0.481 e. The highest BCUT2D eigenvalue weighted by atomic mass is 35.5. The van der Waals surface area contributed by atoms with Crippen LogP contribution in [0.1, 0.15) is 140 Å². The molecule has 1 saturated carbocycles. The zero-order valence-corrected chi connectivity index (χ0v) is 51.0. The molecular formula is C68H85ClN10O4+2. The van der Waals surface area contributed by atoms with Gasteiger partial charge in [-0.05, 0) is 113 Å². The number of nitrogens with zero attached hydrogens (tertiary/aromatic N) is 9. The van der Waals surface area contributed by atoms with Crippen LogP contribution < -0.4 is 20.7 Å². The van der Waals surface area contributed by atoms with Gasteiger partial charge < -0.3 is 29.6 Å². The van der Waals surface area contributed by atoms with Crippen LogP contribution in [0.15, 0.2) is 131 Å². The van der Waals surface area contributed by atoms with E-state index in [9.17, 15) is 19.5 Å². The van der Waals surface area contributed by atoms with Gasteiger partial charge in [0.2, 0.25) is 17.5 Å². The molecule has 0 spiro atoms. The number of quaternary nitrogens is 1. The van der Waals surface area contributed by atoms with Crippen molar-refractivity contribution in [3.63, 3.8) is 0 Å². The van der Waals surface area contributed by atoms with Crippen molar-refractivity contribution in [2.75, 3.05) is 81.6 Å². The molecule has 7 heterocycles. The highest BCUT2D eigenvalue weighted by molar-refractivity contribution is 6.32. The fraction of sp³-hybridized carbons (Fsp3) is 0.456. The smallest absolute Gasteiger partial charge is 0.303 e. The van der Waals surface area contributed by atoms with Crippen molar-refractivity contribution in [1.29, 1.82) is 0 Å². The molecule has 1 amide bonds. The van der Waals surface area contributed by atoms with Gasteiger partial charge in [0.15, 0.2) is 5.71 Å². The minimum absolute atomic E-state index is 0.0300. The predicted octanol–water partition coefficient (Wildman–Crippen LogP) is 13.1. The SMILES string of the molecule is C=C(C)c1c(C)c2cnc(Nc3ccc(N4CCN(C(=O)CCCCC[N+]5=C(C=CC6=C(Cl)C(=CC=C7N(CCCCCC(=O)O)c8ccccc8C7(C)C)C[N+](C)(C)C6)C(C)(C)c6ccccc65)CC4)cn3)nc2n(C2CCCC2)c1=O. The van der Waals surface area contributed by atoms with E-state index in [1.165, 1.54) is 33.9 Å². The van der Waals surface area contributed by atoms with Crippen LogP contribution >= 0.6 is 11.6 Å². The Labute approximate surface area is 495 Å². The van der Waals surface area contributed by atoms with E-state index in [0.717, 1.165) is 140 Å². The summed E-state index contributed by atoms with van der Waals surface area (Å²) in [5, 5.41) is 14.2. The molecule has 15 heteroatoms. The van der Waals surface area contributed by atoms with Gasteiger partial charge in [-0.25, -0.2) is 9.97 Å². The number of para-hydroxylation sites is 2. The summed E-state index contributed by atoms with van der Waals surface area (Å²) in [6.45, 7) is 23.3. The van der Waals surface area contributed by atoms with Crippen LogP contribution in [0.3, 0.4) is 0 Å². The number of fused-ring (bicyclic) bond motifs is 3. The molecule has 2 N–H and O–H groups in total. The van der Waals surface area contributed by atoms with Crippen LogP contribution in [0, 0.1) is 6.92 Å². The number of pyridine rings is 2. The fourth-order valence-electron chi connectivity index (χ4n) is 13.7. The van der Waals surface area contributed by atoms with Crippen molar-refractivity contribution >= 4 is 74.6 Å². The summed E-state index contributed by atoms with van der Waals surface area (Å²) in [5.74, 6) is 0.483. The second kappa shape index (κ2) is 24.6. The third-order valence-corrected chi connectivity index (χ3v) is 18.6. The van der Waals surface area contributed by atoms with E-state index in [1.54, 1.807) is 6.20 Å². The second-order valence-corrected chi connectivity index (χ2v) is 25.8. The maximum absolute atomic E-state index is 13.9. The molecule has 2 fully saturated rings. The number of carboxylic acid groups (broad SMARTS) is 1. The van der Waals surface area contributed by atoms with Gasteiger partial charge in [-0.15, -0.1) is 0 Å². The van der Waals surface area contributed by atoms with Crippen LogP contribution in [0.25, 0.3) is 16.6 Å². The number of unbranched alkanes of at least 4 members (excludes halogenated alkanes) is 4. The number of benzene rings is 2. The number of aliphatic carboxylic acids is 1. The van der Waals surface area contributed by atoms with Crippen molar-refractivity contribution in [2.24, 2.45) is 0 Å². The number of amides is 1. The van der Waals surface area contributed by atoms with Gasteiger partial charge in [-0.3, -0.25) is 19.0 Å². The van der Waals surface area contributed by atoms with Gasteiger partial charge in [0.05, 0.1) is 36.4 Å². The number of allylic oxidation sites excluding steroid dienone is 5. The van der Waals surface area contributed by atoms with Crippen molar-refractivity contribution in [2.45, 2.75) is 135 Å². The molecule has 3 aromatic heterocycles. The number of rotatable bonds is 20. The van der Waals surface area contributed by atoms with E-state index < -0.39 is 5.97 Å². The van der Waals surface area contributed by atoms with Crippen molar-refractivity contribution in [1.82, 2.24) is 24.4 Å². The number of carbonyl (C=O) groups is 2. The van der Waals surface area contributed by atoms with E-state index in [1.807, 2.05) is 41.6 Å². The first-order chi connectivity index (χ1) is 39.7. The Morgan fingerprint density at radius 3 is 2.28 bits per heavy atom. The van der Waals surface area contributed by atoms with Gasteiger partial charge >= 0.3 is 5.97 Å². The minimum atomic E-state index is -0.738. The van der Waals surface area contributed by atoms with Gasteiger partial charge in [0.1, 0.15) is 31.1 Å². The standard InChI is InChI=1S/C68H83ClN10O4/c1-46(2)62-47(3)52-43-71-66(73-64(52)78(65(62)83)50-22-14-15-23-50)72-59-35-32-51(42-70-59)74-38-40-75(41-39-74)60(80)28-12-10-20-36-76-55-26-18-16-24-53(55)67(4,5)57(76)33-30-48-44-79(8,9)45-49(63(48)69)31-34-58-68(6,7)54-25-17-19-27-56(54)77(58)37-21-11-13-29-61(81)82/h16-19,24-27,30-35,42-43,50H,1,10-15,20-23,28-29,36-41,44-45H2,2-9H3/p+2. The number of nitrogens with one attached hydrogen (secondary N) is 1. The first-order valence-electron chi connectivity index (χ1n) is 30.2. The van der Waals surface area contributed by atoms with Gasteiger partial charge in [-0.2, -0.15) is 9.56 Å². The summed E-state index contributed by atoms with van der Waals surface area (Å²) in [7, 11) is 4.55. The van der Waals surface area contributed by atoms with Crippen molar-refractivity contribution < 1.29 is 23.8 Å². The number of likely N-dealkylation sites (N-methyl/N-ethyl adjacent to an activating group) is 1. The van der Waals surface area contributed by atoms with E-state index in [4.69, 9.17) is 21.6 Å². The predicted molar refractivity (Wildman–Crippen MR) is 338 cm³/mol. The zero-order chi connectivity index (χ0) is 58.8. The monoisotopic (exact) mass is 1140 g/mol. The molecule has 4 aliphatic heterocycles. The Kier molecular flexibility index (Phi) is 17.5. The summed E-state index contributed by atoms with van der Waals surface area (Å²) in [4.78, 5) is 59.7. The van der Waals surface area contributed by atoms with E-state index in [0.29, 0.717) is 48.9 Å². The number of anilines is 4. The fourth-order valence-corrected chi connectivity index (χ4v) is 13.9. The highest BCUT2D eigenvalue weighted by Gasteiger charge is 2.44. The second-order valence-electron chi connectivity index (χ2n) is 25.4. The number of carboxylic acids is 1. The zero-order valence-electron chi connectivity index (χ0n) is 50.2. The summed E-state index contributed by atoms with van der Waals surface area (Å²) < 4.78 is 5.14. The molecule has 1 saturated heterocycles. The molecule has 5 aliphatic rings. The Morgan fingerprint density at radius 2 is 1.55 bits per heavy atom. The molecular weight excluding hydrogens is 1060 g/mol. The maximum atomic E-state index is 13.9. The maximum Gasteiger partial charge on any atom is 0.303 e. The lowest BCUT2D eigenvalue weighted by molar-refractivity contribution is -0.881. The third kappa shape index (κ3) is 12.4. The third-order valence-electron chi connectivity index (χ3n) is 18.1.